The zero-order valence-electron chi connectivity index (χ0n) is 13.1. The molecule has 122 valence electrons. The molecule has 2 aromatic rings. The van der Waals surface area contributed by atoms with Crippen LogP contribution < -0.4 is 0 Å². The standard InChI is InChI=1S/C18H22N2O3/c1-2-17(23-13-14-3-6-19-7-4-14)18-16(1)20(8-10-22-18)11-15-5-9-21-12-15/h3-7,9,12,16-18H,1-2,8,10-11,13H2/t16-,17-,18+/m0/s1. The predicted octanol–water partition coefficient (Wildman–Crippen LogP) is 2.62. The van der Waals surface area contributed by atoms with Crippen molar-refractivity contribution in [2.45, 2.75) is 44.2 Å². The summed E-state index contributed by atoms with van der Waals surface area (Å²) in [5, 5.41) is 0. The van der Waals surface area contributed by atoms with Crippen molar-refractivity contribution in [1.29, 1.82) is 0 Å². The smallest absolute Gasteiger partial charge is 0.0992 e. The first-order valence-corrected chi connectivity index (χ1v) is 8.27. The average Bonchev–Trinajstić information content (AvgIpc) is 3.24. The molecule has 1 saturated carbocycles. The maximum Gasteiger partial charge on any atom is 0.0992 e. The number of furan rings is 1. The number of aromatic nitrogens is 1. The molecule has 0 unspecified atom stereocenters. The Morgan fingerprint density at radius 1 is 1.17 bits per heavy atom. The van der Waals surface area contributed by atoms with E-state index in [9.17, 15) is 0 Å². The second-order valence-corrected chi connectivity index (χ2v) is 6.29. The van der Waals surface area contributed by atoms with Crippen LogP contribution in [-0.2, 0) is 22.6 Å². The summed E-state index contributed by atoms with van der Waals surface area (Å²) in [6.07, 6.45) is 9.73. The van der Waals surface area contributed by atoms with E-state index in [1.54, 1.807) is 18.7 Å². The minimum atomic E-state index is 0.178. The van der Waals surface area contributed by atoms with Crippen LogP contribution in [0.1, 0.15) is 24.0 Å². The van der Waals surface area contributed by atoms with E-state index < -0.39 is 0 Å². The van der Waals surface area contributed by atoms with E-state index in [2.05, 4.69) is 9.88 Å². The van der Waals surface area contributed by atoms with Gasteiger partial charge in [-0.1, -0.05) is 0 Å². The second kappa shape index (κ2) is 6.83. The largest absolute Gasteiger partial charge is 0.472 e. The number of hydrogen-bond donors (Lipinski definition) is 0. The Labute approximate surface area is 136 Å². The van der Waals surface area contributed by atoms with Gasteiger partial charge >= 0.3 is 0 Å². The maximum atomic E-state index is 6.14. The van der Waals surface area contributed by atoms with Crippen molar-refractivity contribution in [3.8, 4) is 0 Å². The predicted molar refractivity (Wildman–Crippen MR) is 84.7 cm³/mol. The summed E-state index contributed by atoms with van der Waals surface area (Å²) in [7, 11) is 0. The molecule has 3 atom stereocenters. The topological polar surface area (TPSA) is 47.7 Å². The Hall–Kier alpha value is -1.69. The van der Waals surface area contributed by atoms with Gasteiger partial charge in [-0.3, -0.25) is 9.88 Å². The Bertz CT molecular complexity index is 602. The SMILES string of the molecule is c1cc(CO[C@H]2CC[C@H]3[C@H]2OCCN3Cc2ccoc2)ccn1. The van der Waals surface area contributed by atoms with Crippen molar-refractivity contribution in [1.82, 2.24) is 9.88 Å². The third-order valence-corrected chi connectivity index (χ3v) is 4.83. The molecule has 0 aromatic carbocycles. The van der Waals surface area contributed by atoms with Gasteiger partial charge in [0.05, 0.1) is 37.9 Å². The zero-order chi connectivity index (χ0) is 15.5. The summed E-state index contributed by atoms with van der Waals surface area (Å²) < 4.78 is 17.4. The Balaban J connectivity index is 1.37. The van der Waals surface area contributed by atoms with Gasteiger partial charge in [-0.05, 0) is 36.6 Å². The maximum absolute atomic E-state index is 6.14. The molecule has 4 rings (SSSR count). The molecule has 0 radical (unpaired) electrons. The van der Waals surface area contributed by atoms with Crippen LogP contribution in [0.5, 0.6) is 0 Å². The molecule has 0 amide bonds. The monoisotopic (exact) mass is 314 g/mol. The van der Waals surface area contributed by atoms with Gasteiger partial charge in [0.25, 0.3) is 0 Å². The molecule has 5 heteroatoms. The zero-order valence-corrected chi connectivity index (χ0v) is 13.1. The minimum absolute atomic E-state index is 0.178. The number of fused-ring (bicyclic) bond motifs is 1. The van der Waals surface area contributed by atoms with Crippen molar-refractivity contribution in [2.24, 2.45) is 0 Å². The van der Waals surface area contributed by atoms with E-state index in [1.807, 2.05) is 24.5 Å². The summed E-state index contributed by atoms with van der Waals surface area (Å²) in [6.45, 7) is 3.30. The highest BCUT2D eigenvalue weighted by Gasteiger charge is 2.43. The highest BCUT2D eigenvalue weighted by molar-refractivity contribution is 5.09. The first kappa shape index (κ1) is 14.9. The molecule has 0 N–H and O–H groups in total. The van der Waals surface area contributed by atoms with Gasteiger partial charge in [-0.2, -0.15) is 0 Å². The van der Waals surface area contributed by atoms with Crippen molar-refractivity contribution in [3.05, 3.63) is 54.2 Å². The van der Waals surface area contributed by atoms with Gasteiger partial charge in [-0.15, -0.1) is 0 Å². The van der Waals surface area contributed by atoms with Crippen molar-refractivity contribution < 1.29 is 13.9 Å². The molecule has 0 spiro atoms. The Morgan fingerprint density at radius 3 is 2.91 bits per heavy atom. The van der Waals surface area contributed by atoms with Crippen LogP contribution >= 0.6 is 0 Å². The quantitative estimate of drug-likeness (QED) is 0.849. The lowest BCUT2D eigenvalue weighted by atomic mass is 10.1. The molecule has 0 bridgehead atoms. The van der Waals surface area contributed by atoms with E-state index in [1.165, 1.54) is 5.56 Å². The highest BCUT2D eigenvalue weighted by Crippen LogP contribution is 2.33. The third kappa shape index (κ3) is 3.32. The number of nitrogens with zero attached hydrogens (tertiary/aromatic N) is 2. The first-order valence-electron chi connectivity index (χ1n) is 8.27. The number of rotatable bonds is 5. The van der Waals surface area contributed by atoms with Crippen molar-refractivity contribution in [3.63, 3.8) is 0 Å². The van der Waals surface area contributed by atoms with E-state index in [4.69, 9.17) is 13.9 Å². The molecule has 23 heavy (non-hydrogen) atoms. The molecule has 1 aliphatic heterocycles. The summed E-state index contributed by atoms with van der Waals surface area (Å²) >= 11 is 0. The molecule has 3 heterocycles. The fraction of sp³-hybridized carbons (Fsp3) is 0.500. The lowest BCUT2D eigenvalue weighted by molar-refractivity contribution is -0.118. The Kier molecular flexibility index (Phi) is 4.41. The summed E-state index contributed by atoms with van der Waals surface area (Å²) in [5.41, 5.74) is 2.39. The number of pyridine rings is 1. The van der Waals surface area contributed by atoms with E-state index in [-0.39, 0.29) is 12.2 Å². The molecule has 1 saturated heterocycles. The molecule has 2 aromatic heterocycles. The van der Waals surface area contributed by atoms with Crippen molar-refractivity contribution >= 4 is 0 Å². The summed E-state index contributed by atoms with van der Waals surface area (Å²) in [6, 6.07) is 6.48. The van der Waals surface area contributed by atoms with Gasteiger partial charge in [-0.25, -0.2) is 0 Å². The number of hydrogen-bond acceptors (Lipinski definition) is 5. The number of ether oxygens (including phenoxy) is 2. The molecule has 1 aliphatic carbocycles. The van der Waals surface area contributed by atoms with Crippen molar-refractivity contribution in [2.75, 3.05) is 13.2 Å². The molecule has 2 aliphatic rings. The third-order valence-electron chi connectivity index (χ3n) is 4.83. The highest BCUT2D eigenvalue weighted by atomic mass is 16.5. The fourth-order valence-corrected chi connectivity index (χ4v) is 3.67. The van der Waals surface area contributed by atoms with Crippen LogP contribution in [0, 0.1) is 0 Å². The Morgan fingerprint density at radius 2 is 2.09 bits per heavy atom. The molecule has 2 fully saturated rings. The first-order chi connectivity index (χ1) is 11.4. The minimum Gasteiger partial charge on any atom is -0.472 e. The lowest BCUT2D eigenvalue weighted by Crippen LogP contribution is -2.51. The number of morpholine rings is 1. The molecular formula is C18H22N2O3. The van der Waals surface area contributed by atoms with Gasteiger partial charge in [0, 0.05) is 37.1 Å². The molecule has 5 nitrogen and oxygen atoms in total. The second-order valence-electron chi connectivity index (χ2n) is 6.29. The average molecular weight is 314 g/mol. The molecular weight excluding hydrogens is 292 g/mol. The van der Waals surface area contributed by atoms with Gasteiger partial charge in [0.1, 0.15) is 0 Å². The van der Waals surface area contributed by atoms with Crippen LogP contribution in [0.3, 0.4) is 0 Å². The summed E-state index contributed by atoms with van der Waals surface area (Å²) in [5.74, 6) is 0. The van der Waals surface area contributed by atoms with Gasteiger partial charge < -0.3 is 13.9 Å². The van der Waals surface area contributed by atoms with Crippen LogP contribution in [-0.4, -0.2) is 41.3 Å². The van der Waals surface area contributed by atoms with Crippen LogP contribution in [0.25, 0.3) is 0 Å². The van der Waals surface area contributed by atoms with E-state index in [0.717, 1.165) is 38.1 Å². The van der Waals surface area contributed by atoms with Crippen LogP contribution in [0.15, 0.2) is 47.5 Å². The fourth-order valence-electron chi connectivity index (χ4n) is 3.67. The van der Waals surface area contributed by atoms with Gasteiger partial charge in [0.2, 0.25) is 0 Å². The van der Waals surface area contributed by atoms with Crippen LogP contribution in [0.2, 0.25) is 0 Å². The van der Waals surface area contributed by atoms with E-state index in [0.29, 0.717) is 12.6 Å². The van der Waals surface area contributed by atoms with Crippen LogP contribution in [0.4, 0.5) is 0 Å². The lowest BCUT2D eigenvalue weighted by Gasteiger charge is -2.38. The van der Waals surface area contributed by atoms with E-state index >= 15 is 0 Å². The normalized spacial score (nSPS) is 27.9. The summed E-state index contributed by atoms with van der Waals surface area (Å²) in [4.78, 5) is 6.55. The van der Waals surface area contributed by atoms with Gasteiger partial charge in [0.15, 0.2) is 0 Å².